The van der Waals surface area contributed by atoms with E-state index in [4.69, 9.17) is 22.9 Å². The van der Waals surface area contributed by atoms with Crippen LogP contribution in [0.3, 0.4) is 0 Å². The van der Waals surface area contributed by atoms with Crippen molar-refractivity contribution in [2.24, 2.45) is 44.3 Å². The summed E-state index contributed by atoms with van der Waals surface area (Å²) in [5.74, 6) is 2.19. The van der Waals surface area contributed by atoms with E-state index in [1.165, 1.54) is 131 Å². The molecule has 0 amide bonds. The molecule has 12 fully saturated rings. The Hall–Kier alpha value is -4.72. The van der Waals surface area contributed by atoms with Crippen LogP contribution in [0.4, 0.5) is 22.7 Å². The molecule has 0 heterocycles. The van der Waals surface area contributed by atoms with Gasteiger partial charge in [0.2, 0.25) is 0 Å². The van der Waals surface area contributed by atoms with Crippen molar-refractivity contribution in [2.75, 3.05) is 22.9 Å². The van der Waals surface area contributed by atoms with Gasteiger partial charge in [-0.15, -0.1) is 0 Å². The minimum atomic E-state index is 0.126. The largest absolute Gasteiger partial charge is 0.506 e. The van der Waals surface area contributed by atoms with E-state index < -0.39 is 0 Å². The predicted molar refractivity (Wildman–Crippen MR) is 264 cm³/mol. The molecule has 4 aromatic carbocycles. The van der Waals surface area contributed by atoms with Crippen LogP contribution in [0.5, 0.6) is 23.0 Å². The van der Waals surface area contributed by atoms with Crippen LogP contribution in [0.2, 0.25) is 0 Å². The van der Waals surface area contributed by atoms with Crippen LogP contribution in [0.1, 0.15) is 166 Å². The zero-order valence-corrected chi connectivity index (χ0v) is 39.9. The van der Waals surface area contributed by atoms with Crippen LogP contribution in [-0.2, 0) is 21.7 Å². The molecular weight excluding hydrogens is 817 g/mol. The monoisotopic (exact) mass is 891 g/mol. The van der Waals surface area contributed by atoms with E-state index in [-0.39, 0.29) is 44.7 Å². The lowest BCUT2D eigenvalue weighted by Crippen LogP contribution is -2.71. The fourth-order valence-electron chi connectivity index (χ4n) is 21.6. The van der Waals surface area contributed by atoms with Gasteiger partial charge in [-0.2, -0.15) is 0 Å². The number of hydrogen-bond acceptors (Lipinski definition) is 8. The average Bonchev–Trinajstić information content (AvgIpc) is 3.19. The third-order valence-corrected chi connectivity index (χ3v) is 20.9. The number of hydrogen-bond donors (Lipinski definition) is 8. The maximum atomic E-state index is 10.3. The zero-order valence-electron chi connectivity index (χ0n) is 39.9. The number of anilines is 4. The van der Waals surface area contributed by atoms with E-state index in [2.05, 4.69) is 64.1 Å². The highest BCUT2D eigenvalue weighted by molar-refractivity contribution is 5.59. The van der Waals surface area contributed by atoms with Gasteiger partial charge in [0, 0.05) is 0 Å². The molecule has 4 atom stereocenters. The Kier molecular flexibility index (Phi) is 8.44. The Bertz CT molecular complexity index is 2480. The molecule has 8 nitrogen and oxygen atoms in total. The highest BCUT2D eigenvalue weighted by atomic mass is 16.3. The first-order valence-electron chi connectivity index (χ1n) is 25.3. The molecule has 0 spiro atoms. The molecule has 0 aliphatic heterocycles. The van der Waals surface area contributed by atoms with Gasteiger partial charge in [-0.3, -0.25) is 0 Å². The molecule has 8 heteroatoms. The first kappa shape index (κ1) is 42.6. The molecule has 0 radical (unpaired) electrons. The predicted octanol–water partition coefficient (Wildman–Crippen LogP) is 12.3. The van der Waals surface area contributed by atoms with E-state index in [9.17, 15) is 20.4 Å². The van der Waals surface area contributed by atoms with Crippen molar-refractivity contribution in [3.63, 3.8) is 0 Å². The standard InChI is InChI=1S/C36H48N2O2.C22H26N2O2/c1-29-11-30(2)14-33(13-29,23-5-7-27(39)25(37)9-23)21-35(17-29,18-30)36-19-31(3)12-32(4,20-36)16-34(15-31,22-36)24-6-8-28(40)26(38)10-24;23-17-6-15(1-3-19(17)25)21-8-13-5-14(9-21)11-22(10-13,12-21)16-2-4-20(26)18(24)7-16/h5-10,39-40H,11-22,37-38H2,1-4H3;1-4,6-7,13-14,25-26H,5,8-12,23-24H2. The first-order chi connectivity index (χ1) is 30.9. The Balaban J connectivity index is 0.000000151. The number of phenolic OH excluding ortho intramolecular Hbond substituents is 4. The maximum Gasteiger partial charge on any atom is 0.138 e. The molecule has 12 saturated carbocycles. The van der Waals surface area contributed by atoms with E-state index in [0.29, 0.717) is 55.2 Å². The van der Waals surface area contributed by atoms with Crippen molar-refractivity contribution in [1.82, 2.24) is 0 Å². The molecule has 0 aromatic heterocycles. The fourth-order valence-corrected chi connectivity index (χ4v) is 21.6. The summed E-state index contributed by atoms with van der Waals surface area (Å²) in [6, 6.07) is 23.9. The van der Waals surface area contributed by atoms with E-state index in [1.54, 1.807) is 12.1 Å². The van der Waals surface area contributed by atoms with Gasteiger partial charge in [-0.25, -0.2) is 0 Å². The van der Waals surface area contributed by atoms with Crippen LogP contribution in [0.15, 0.2) is 72.8 Å². The first-order valence-corrected chi connectivity index (χ1v) is 25.3. The zero-order chi connectivity index (χ0) is 46.3. The summed E-state index contributed by atoms with van der Waals surface area (Å²) in [5.41, 5.74) is 34.5. The van der Waals surface area contributed by atoms with Crippen molar-refractivity contribution in [3.05, 3.63) is 95.1 Å². The van der Waals surface area contributed by atoms with Crippen LogP contribution < -0.4 is 22.9 Å². The van der Waals surface area contributed by atoms with Crippen molar-refractivity contribution in [2.45, 2.75) is 165 Å². The molecular formula is C58H74N4O4. The van der Waals surface area contributed by atoms with Gasteiger partial charge in [-0.05, 0) is 252 Å². The topological polar surface area (TPSA) is 185 Å². The lowest BCUT2D eigenvalue weighted by Gasteiger charge is -2.80. The lowest BCUT2D eigenvalue weighted by molar-refractivity contribution is -0.275. The number of benzene rings is 4. The third kappa shape index (κ3) is 6.06. The smallest absolute Gasteiger partial charge is 0.138 e. The van der Waals surface area contributed by atoms with E-state index in [0.717, 1.165) is 18.3 Å². The lowest BCUT2D eigenvalue weighted by atomic mass is 9.24. The van der Waals surface area contributed by atoms with Crippen LogP contribution >= 0.6 is 0 Å². The Morgan fingerprint density at radius 1 is 0.348 bits per heavy atom. The van der Waals surface area contributed by atoms with Crippen molar-refractivity contribution >= 4 is 22.7 Å². The second-order valence-electron chi connectivity index (χ2n) is 27.1. The minimum Gasteiger partial charge on any atom is -0.506 e. The van der Waals surface area contributed by atoms with E-state index >= 15 is 0 Å². The summed E-state index contributed by atoms with van der Waals surface area (Å²) in [7, 11) is 0. The number of aromatic hydroxyl groups is 4. The normalized spacial score (nSPS) is 44.1. The molecule has 4 aromatic rings. The molecule has 66 heavy (non-hydrogen) atoms. The summed E-state index contributed by atoms with van der Waals surface area (Å²) in [6.45, 7) is 10.4. The van der Waals surface area contributed by atoms with Crippen molar-refractivity contribution < 1.29 is 20.4 Å². The van der Waals surface area contributed by atoms with Crippen molar-refractivity contribution in [3.8, 4) is 23.0 Å². The highest BCUT2D eigenvalue weighted by Gasteiger charge is 2.76. The number of phenols is 4. The molecule has 12 N–H and O–H groups in total. The van der Waals surface area contributed by atoms with Crippen molar-refractivity contribution in [1.29, 1.82) is 0 Å². The van der Waals surface area contributed by atoms with Gasteiger partial charge < -0.3 is 43.4 Å². The van der Waals surface area contributed by atoms with Crippen LogP contribution in [0.25, 0.3) is 0 Å². The molecule has 16 rings (SSSR count). The minimum absolute atomic E-state index is 0.126. The molecule has 4 unspecified atom stereocenters. The molecule has 12 bridgehead atoms. The summed E-state index contributed by atoms with van der Waals surface area (Å²) >= 11 is 0. The van der Waals surface area contributed by atoms with E-state index in [1.807, 2.05) is 24.3 Å². The van der Waals surface area contributed by atoms with Gasteiger partial charge >= 0.3 is 0 Å². The second-order valence-corrected chi connectivity index (χ2v) is 27.1. The number of nitrogens with two attached hydrogens (primary N) is 4. The Morgan fingerprint density at radius 3 is 0.894 bits per heavy atom. The number of nitrogen functional groups attached to an aromatic ring is 4. The Morgan fingerprint density at radius 2 is 0.621 bits per heavy atom. The van der Waals surface area contributed by atoms with Gasteiger partial charge in [0.25, 0.3) is 0 Å². The van der Waals surface area contributed by atoms with Gasteiger partial charge in [0.15, 0.2) is 0 Å². The highest BCUT2D eigenvalue weighted by Crippen LogP contribution is 2.85. The molecule has 350 valence electrons. The fraction of sp³-hybridized carbons (Fsp3) is 0.586. The number of rotatable bonds is 5. The molecule has 12 aliphatic rings. The van der Waals surface area contributed by atoms with Gasteiger partial charge in [0.1, 0.15) is 23.0 Å². The summed E-state index contributed by atoms with van der Waals surface area (Å²) in [4.78, 5) is 0. The maximum absolute atomic E-state index is 10.3. The second kappa shape index (κ2) is 13.1. The average molecular weight is 891 g/mol. The van der Waals surface area contributed by atoms with Crippen LogP contribution in [0, 0.1) is 44.3 Å². The third-order valence-electron chi connectivity index (χ3n) is 20.9. The van der Waals surface area contributed by atoms with Gasteiger partial charge in [0.05, 0.1) is 22.7 Å². The summed E-state index contributed by atoms with van der Waals surface area (Å²) < 4.78 is 0. The SMILES string of the molecule is CC12CC3(C)CC(c4ccc(O)c(N)c4)(C1)CC(C14CC5(C)CC(C)(CC(c6ccc(O)c(N)c6)(C5)C1)C4)(C2)C3.Nc1cc(C23CC4CC(C2)CC(c2ccc(O)c(N)c2)(C4)C3)ccc1O. The molecule has 12 aliphatic carbocycles. The quantitative estimate of drug-likeness (QED) is 0.0719. The van der Waals surface area contributed by atoms with Gasteiger partial charge in [-0.1, -0.05) is 52.0 Å². The molecule has 0 saturated heterocycles. The summed E-state index contributed by atoms with van der Waals surface area (Å²) in [5, 5.41) is 40.3. The van der Waals surface area contributed by atoms with Crippen LogP contribution in [-0.4, -0.2) is 20.4 Å². The Labute approximate surface area is 392 Å². The summed E-state index contributed by atoms with van der Waals surface area (Å²) in [6.07, 6.45) is 22.8.